The van der Waals surface area contributed by atoms with Crippen LogP contribution in [0.2, 0.25) is 0 Å². The van der Waals surface area contributed by atoms with Crippen LogP contribution in [0.4, 0.5) is 4.39 Å². The number of rotatable bonds is 4. The molecule has 0 unspecified atom stereocenters. The van der Waals surface area contributed by atoms with Crippen LogP contribution in [0.3, 0.4) is 0 Å². The highest BCUT2D eigenvalue weighted by Gasteiger charge is 2.18. The Balaban J connectivity index is 1.64. The number of benzene rings is 1. The second kappa shape index (κ2) is 7.34. The first-order valence-electron chi connectivity index (χ1n) is 9.49. The lowest BCUT2D eigenvalue weighted by molar-refractivity contribution is 0.0363. The van der Waals surface area contributed by atoms with E-state index in [0.717, 1.165) is 32.8 Å². The summed E-state index contributed by atoms with van der Waals surface area (Å²) in [5.74, 6) is 0.0483. The maximum absolute atomic E-state index is 13.5. The van der Waals surface area contributed by atoms with Gasteiger partial charge in [0.2, 0.25) is 0 Å². The molecule has 3 aromatic heterocycles. The number of fused-ring (bicyclic) bond motifs is 2. The SMILES string of the molecule is O=c1c2c(-c3ccc(F)cc3)n3ncnc3nc2ccn1CCN1CCOCC1. The molecule has 1 aliphatic heterocycles. The molecule has 1 aliphatic rings. The summed E-state index contributed by atoms with van der Waals surface area (Å²) in [5.41, 5.74) is 1.63. The minimum absolute atomic E-state index is 0.153. The lowest BCUT2D eigenvalue weighted by Gasteiger charge is -2.26. The summed E-state index contributed by atoms with van der Waals surface area (Å²) in [6.07, 6.45) is 3.16. The molecular weight excluding hydrogens is 375 g/mol. The summed E-state index contributed by atoms with van der Waals surface area (Å²) in [4.78, 5) is 24.3. The van der Waals surface area contributed by atoms with Crippen LogP contribution in [-0.4, -0.2) is 61.9 Å². The summed E-state index contributed by atoms with van der Waals surface area (Å²) in [5, 5.41) is 4.68. The Morgan fingerprint density at radius 3 is 2.66 bits per heavy atom. The van der Waals surface area contributed by atoms with Crippen LogP contribution in [0, 0.1) is 5.82 Å². The molecule has 0 atom stereocenters. The van der Waals surface area contributed by atoms with Crippen molar-refractivity contribution in [3.63, 3.8) is 0 Å². The molecule has 0 radical (unpaired) electrons. The molecule has 4 heterocycles. The van der Waals surface area contributed by atoms with Gasteiger partial charge in [0, 0.05) is 37.9 Å². The van der Waals surface area contributed by atoms with Gasteiger partial charge < -0.3 is 9.30 Å². The fourth-order valence-corrected chi connectivity index (χ4v) is 3.69. The number of hydrogen-bond donors (Lipinski definition) is 0. The molecule has 5 rings (SSSR count). The van der Waals surface area contributed by atoms with E-state index < -0.39 is 0 Å². The van der Waals surface area contributed by atoms with Crippen LogP contribution < -0.4 is 5.56 Å². The monoisotopic (exact) mass is 394 g/mol. The Morgan fingerprint density at radius 1 is 1.07 bits per heavy atom. The molecule has 1 aromatic carbocycles. The molecule has 0 N–H and O–H groups in total. The van der Waals surface area contributed by atoms with Gasteiger partial charge in [-0.1, -0.05) is 0 Å². The largest absolute Gasteiger partial charge is 0.379 e. The van der Waals surface area contributed by atoms with Crippen LogP contribution in [0.5, 0.6) is 0 Å². The van der Waals surface area contributed by atoms with Crippen LogP contribution >= 0.6 is 0 Å². The fraction of sp³-hybridized carbons (Fsp3) is 0.300. The predicted molar refractivity (Wildman–Crippen MR) is 105 cm³/mol. The van der Waals surface area contributed by atoms with E-state index in [-0.39, 0.29) is 11.4 Å². The second-order valence-electron chi connectivity index (χ2n) is 6.97. The summed E-state index contributed by atoms with van der Waals surface area (Å²) in [6.45, 7) is 4.49. The van der Waals surface area contributed by atoms with E-state index in [1.165, 1.54) is 23.0 Å². The maximum atomic E-state index is 13.5. The van der Waals surface area contributed by atoms with Crippen molar-refractivity contribution < 1.29 is 9.13 Å². The Hall–Kier alpha value is -3.17. The molecule has 4 aromatic rings. The van der Waals surface area contributed by atoms with Crippen LogP contribution in [0.15, 0.2) is 47.7 Å². The van der Waals surface area contributed by atoms with Gasteiger partial charge in [0.25, 0.3) is 11.3 Å². The normalized spacial score (nSPS) is 15.3. The summed E-state index contributed by atoms with van der Waals surface area (Å²) in [6, 6.07) is 7.82. The van der Waals surface area contributed by atoms with E-state index in [0.29, 0.717) is 34.5 Å². The van der Waals surface area contributed by atoms with Gasteiger partial charge in [0.15, 0.2) is 0 Å². The van der Waals surface area contributed by atoms with Crippen molar-refractivity contribution in [1.29, 1.82) is 0 Å². The standard InChI is InChI=1S/C20H19FN6O2/c21-15-3-1-14(2-4-15)18-17-16(24-20-22-13-23-27(18)20)5-6-26(19(17)28)8-7-25-9-11-29-12-10-25/h1-6,13H,7-12H2. The molecule has 0 bridgehead atoms. The third-order valence-corrected chi connectivity index (χ3v) is 5.22. The van der Waals surface area contributed by atoms with Crippen molar-refractivity contribution in [3.8, 4) is 11.3 Å². The Morgan fingerprint density at radius 2 is 1.86 bits per heavy atom. The number of hydrogen-bond acceptors (Lipinski definition) is 6. The number of pyridine rings is 1. The van der Waals surface area contributed by atoms with Gasteiger partial charge in [-0.15, -0.1) is 0 Å². The number of halogens is 1. The Bertz CT molecular complexity index is 1230. The van der Waals surface area contributed by atoms with E-state index in [1.54, 1.807) is 22.9 Å². The van der Waals surface area contributed by atoms with Gasteiger partial charge in [0.1, 0.15) is 12.1 Å². The molecule has 1 fully saturated rings. The fourth-order valence-electron chi connectivity index (χ4n) is 3.69. The smallest absolute Gasteiger partial charge is 0.262 e. The minimum atomic E-state index is -0.343. The second-order valence-corrected chi connectivity index (χ2v) is 6.97. The first kappa shape index (κ1) is 17.9. The first-order valence-corrected chi connectivity index (χ1v) is 9.49. The zero-order chi connectivity index (χ0) is 19.8. The van der Waals surface area contributed by atoms with Gasteiger partial charge in [0.05, 0.1) is 29.8 Å². The number of ether oxygens (including phenoxy) is 1. The van der Waals surface area contributed by atoms with Gasteiger partial charge in [-0.2, -0.15) is 14.6 Å². The zero-order valence-electron chi connectivity index (χ0n) is 15.7. The van der Waals surface area contributed by atoms with E-state index in [1.807, 2.05) is 6.07 Å². The van der Waals surface area contributed by atoms with Crippen molar-refractivity contribution >= 4 is 16.7 Å². The maximum Gasteiger partial charge on any atom is 0.262 e. The van der Waals surface area contributed by atoms with Crippen molar-refractivity contribution in [3.05, 3.63) is 59.0 Å². The van der Waals surface area contributed by atoms with E-state index in [2.05, 4.69) is 20.0 Å². The zero-order valence-corrected chi connectivity index (χ0v) is 15.7. The average Bonchev–Trinajstić information content (AvgIpc) is 3.21. The summed E-state index contributed by atoms with van der Waals surface area (Å²) < 4.78 is 22.1. The van der Waals surface area contributed by atoms with Gasteiger partial charge >= 0.3 is 0 Å². The molecule has 0 saturated carbocycles. The molecule has 0 aliphatic carbocycles. The lowest BCUT2D eigenvalue weighted by Crippen LogP contribution is -2.39. The van der Waals surface area contributed by atoms with E-state index in [4.69, 9.17) is 4.74 Å². The van der Waals surface area contributed by atoms with Crippen molar-refractivity contribution in [1.82, 2.24) is 29.0 Å². The molecule has 8 nitrogen and oxygen atoms in total. The quantitative estimate of drug-likeness (QED) is 0.523. The molecule has 29 heavy (non-hydrogen) atoms. The van der Waals surface area contributed by atoms with Gasteiger partial charge in [-0.3, -0.25) is 9.69 Å². The highest BCUT2D eigenvalue weighted by atomic mass is 19.1. The lowest BCUT2D eigenvalue weighted by atomic mass is 10.1. The highest BCUT2D eigenvalue weighted by molar-refractivity contribution is 5.93. The summed E-state index contributed by atoms with van der Waals surface area (Å²) >= 11 is 0. The number of morpholine rings is 1. The first-order chi connectivity index (χ1) is 14.2. The third kappa shape index (κ3) is 3.28. The van der Waals surface area contributed by atoms with Gasteiger partial charge in [-0.05, 0) is 30.3 Å². The Kier molecular flexibility index (Phi) is 4.53. The third-order valence-electron chi connectivity index (χ3n) is 5.22. The topological polar surface area (TPSA) is 77.6 Å². The Labute approximate surface area is 165 Å². The van der Waals surface area contributed by atoms with E-state index in [9.17, 15) is 9.18 Å². The molecule has 9 heteroatoms. The molecular formula is C20H19FN6O2. The van der Waals surface area contributed by atoms with Crippen LogP contribution in [0.1, 0.15) is 0 Å². The molecule has 148 valence electrons. The molecule has 0 amide bonds. The minimum Gasteiger partial charge on any atom is -0.379 e. The van der Waals surface area contributed by atoms with E-state index >= 15 is 0 Å². The highest BCUT2D eigenvalue weighted by Crippen LogP contribution is 2.26. The molecule has 0 spiro atoms. The van der Waals surface area contributed by atoms with Crippen LogP contribution in [0.25, 0.3) is 27.9 Å². The van der Waals surface area contributed by atoms with Crippen LogP contribution in [-0.2, 0) is 11.3 Å². The van der Waals surface area contributed by atoms with Gasteiger partial charge in [-0.25, -0.2) is 9.37 Å². The number of aromatic nitrogens is 5. The average molecular weight is 394 g/mol. The summed E-state index contributed by atoms with van der Waals surface area (Å²) in [7, 11) is 0. The van der Waals surface area contributed by atoms with Crippen molar-refractivity contribution in [2.45, 2.75) is 6.54 Å². The molecule has 1 saturated heterocycles. The van der Waals surface area contributed by atoms with Crippen molar-refractivity contribution in [2.24, 2.45) is 0 Å². The van der Waals surface area contributed by atoms with Crippen molar-refractivity contribution in [2.75, 3.05) is 32.8 Å². The predicted octanol–water partition coefficient (Wildman–Crippen LogP) is 1.58. The number of nitrogens with zero attached hydrogens (tertiary/aromatic N) is 6.